The number of benzene rings is 1. The van der Waals surface area contributed by atoms with E-state index in [2.05, 4.69) is 4.98 Å². The first-order valence-electron chi connectivity index (χ1n) is 8.85. The second-order valence-electron chi connectivity index (χ2n) is 6.40. The highest BCUT2D eigenvalue weighted by atomic mass is 32.2. The molecular weight excluding hydrogens is 412 g/mol. The lowest BCUT2D eigenvalue weighted by Crippen LogP contribution is -2.18. The molecule has 0 aliphatic heterocycles. The number of carbonyl (C=O) groups excluding carboxylic acids is 2. The Balaban J connectivity index is 1.59. The van der Waals surface area contributed by atoms with Crippen molar-refractivity contribution in [1.82, 2.24) is 9.55 Å². The summed E-state index contributed by atoms with van der Waals surface area (Å²) >= 11 is 1.45. The van der Waals surface area contributed by atoms with Gasteiger partial charge >= 0.3 is 5.97 Å². The number of ether oxygens (including phenoxy) is 1. The van der Waals surface area contributed by atoms with Gasteiger partial charge in [-0.3, -0.25) is 14.2 Å². The van der Waals surface area contributed by atoms with E-state index in [1.54, 1.807) is 37.4 Å². The number of esters is 1. The monoisotopic (exact) mass is 432 g/mol. The SMILES string of the molecule is Cc1cc(C(=O)COC(=O)CCS(=O)(=O)c2ccccc2)c(C)n1-c1nccs1. The van der Waals surface area contributed by atoms with Crippen LogP contribution in [-0.4, -0.2) is 42.1 Å². The molecule has 0 unspecified atom stereocenters. The molecule has 0 N–H and O–H groups in total. The molecule has 29 heavy (non-hydrogen) atoms. The Kier molecular flexibility index (Phi) is 6.29. The van der Waals surface area contributed by atoms with E-state index in [4.69, 9.17) is 4.74 Å². The summed E-state index contributed by atoms with van der Waals surface area (Å²) in [6.45, 7) is 3.23. The van der Waals surface area contributed by atoms with E-state index < -0.39 is 22.4 Å². The molecule has 3 rings (SSSR count). The van der Waals surface area contributed by atoms with Crippen LogP contribution in [0, 0.1) is 13.8 Å². The fraction of sp³-hybridized carbons (Fsp3) is 0.250. The lowest BCUT2D eigenvalue weighted by atomic mass is 10.1. The van der Waals surface area contributed by atoms with Crippen molar-refractivity contribution in [3.63, 3.8) is 0 Å². The van der Waals surface area contributed by atoms with Crippen molar-refractivity contribution in [3.05, 3.63) is 64.9 Å². The Labute approximate surface area is 172 Å². The minimum atomic E-state index is -3.58. The number of hydrogen-bond acceptors (Lipinski definition) is 7. The summed E-state index contributed by atoms with van der Waals surface area (Å²) < 4.78 is 31.3. The third-order valence-electron chi connectivity index (χ3n) is 4.38. The van der Waals surface area contributed by atoms with Crippen LogP contribution in [0.15, 0.2) is 52.9 Å². The van der Waals surface area contributed by atoms with Gasteiger partial charge in [0.25, 0.3) is 0 Å². The largest absolute Gasteiger partial charge is 0.457 e. The Hall–Kier alpha value is -2.78. The van der Waals surface area contributed by atoms with Crippen LogP contribution in [0.3, 0.4) is 0 Å². The molecule has 2 heterocycles. The second-order valence-corrected chi connectivity index (χ2v) is 9.38. The molecule has 0 aliphatic rings. The van der Waals surface area contributed by atoms with Crippen molar-refractivity contribution in [1.29, 1.82) is 0 Å². The number of aryl methyl sites for hydroxylation is 1. The Bertz CT molecular complexity index is 1120. The van der Waals surface area contributed by atoms with Gasteiger partial charge in [-0.25, -0.2) is 13.4 Å². The molecule has 0 spiro atoms. The molecule has 3 aromatic rings. The minimum Gasteiger partial charge on any atom is -0.457 e. The zero-order valence-electron chi connectivity index (χ0n) is 16.0. The van der Waals surface area contributed by atoms with Crippen LogP contribution >= 0.6 is 11.3 Å². The van der Waals surface area contributed by atoms with Crippen LogP contribution < -0.4 is 0 Å². The molecule has 0 bridgehead atoms. The third-order valence-corrected chi connectivity index (χ3v) is 6.87. The van der Waals surface area contributed by atoms with Crippen molar-refractivity contribution in [2.75, 3.05) is 12.4 Å². The van der Waals surface area contributed by atoms with E-state index in [0.29, 0.717) is 11.3 Å². The summed E-state index contributed by atoms with van der Waals surface area (Å²) in [4.78, 5) is 28.9. The third kappa shape index (κ3) is 4.80. The summed E-state index contributed by atoms with van der Waals surface area (Å²) in [5, 5.41) is 2.60. The van der Waals surface area contributed by atoms with Gasteiger partial charge in [-0.05, 0) is 32.0 Å². The molecule has 0 atom stereocenters. The number of aromatic nitrogens is 2. The molecule has 9 heteroatoms. The van der Waals surface area contributed by atoms with Crippen LogP contribution in [0.2, 0.25) is 0 Å². The van der Waals surface area contributed by atoms with Crippen LogP contribution in [-0.2, 0) is 19.4 Å². The first-order valence-corrected chi connectivity index (χ1v) is 11.4. The van der Waals surface area contributed by atoms with Crippen LogP contribution in [0.4, 0.5) is 0 Å². The van der Waals surface area contributed by atoms with Crippen molar-refractivity contribution in [2.24, 2.45) is 0 Å². The number of sulfone groups is 1. The lowest BCUT2D eigenvalue weighted by Gasteiger charge is -2.07. The second kappa shape index (κ2) is 8.71. The number of ketones is 1. The highest BCUT2D eigenvalue weighted by molar-refractivity contribution is 7.91. The molecule has 2 aromatic heterocycles. The molecule has 0 fully saturated rings. The van der Waals surface area contributed by atoms with Crippen molar-refractivity contribution < 1.29 is 22.7 Å². The summed E-state index contributed by atoms with van der Waals surface area (Å²) in [5.74, 6) is -1.45. The Morgan fingerprint density at radius 2 is 1.90 bits per heavy atom. The van der Waals surface area contributed by atoms with Gasteiger partial charge < -0.3 is 4.74 Å². The molecule has 152 valence electrons. The summed E-state index contributed by atoms with van der Waals surface area (Å²) in [6, 6.07) is 9.63. The first-order chi connectivity index (χ1) is 13.8. The molecule has 0 amide bonds. The molecule has 0 radical (unpaired) electrons. The maximum absolute atomic E-state index is 12.5. The van der Waals surface area contributed by atoms with E-state index >= 15 is 0 Å². The summed E-state index contributed by atoms with van der Waals surface area (Å²) in [7, 11) is -3.58. The van der Waals surface area contributed by atoms with Crippen molar-refractivity contribution in [3.8, 4) is 5.13 Å². The van der Waals surface area contributed by atoms with E-state index in [0.717, 1.165) is 10.8 Å². The first kappa shape index (κ1) is 20.9. The summed E-state index contributed by atoms with van der Waals surface area (Å²) in [5.41, 5.74) is 2.01. The Morgan fingerprint density at radius 1 is 1.17 bits per heavy atom. The standard InChI is InChI=1S/C20H20N2O5S2/c1-14-12-17(15(2)22(14)20-21-9-10-28-20)18(23)13-27-19(24)8-11-29(25,26)16-6-4-3-5-7-16/h3-7,9-10,12H,8,11,13H2,1-2H3. The summed E-state index contributed by atoms with van der Waals surface area (Å²) in [6.07, 6.45) is 1.37. The Morgan fingerprint density at radius 3 is 2.55 bits per heavy atom. The lowest BCUT2D eigenvalue weighted by molar-refractivity contribution is -0.142. The number of nitrogens with zero attached hydrogens (tertiary/aromatic N) is 2. The van der Waals surface area contributed by atoms with Crippen molar-refractivity contribution >= 4 is 32.9 Å². The highest BCUT2D eigenvalue weighted by Gasteiger charge is 2.20. The smallest absolute Gasteiger partial charge is 0.307 e. The van der Waals surface area contributed by atoms with E-state index in [-0.39, 0.29) is 22.9 Å². The quantitative estimate of drug-likeness (QED) is 0.401. The fourth-order valence-corrected chi connectivity index (χ4v) is 4.92. The van der Waals surface area contributed by atoms with E-state index in [9.17, 15) is 18.0 Å². The maximum atomic E-state index is 12.5. The van der Waals surface area contributed by atoms with Crippen LogP contribution in [0.5, 0.6) is 0 Å². The molecule has 7 nitrogen and oxygen atoms in total. The topological polar surface area (TPSA) is 95.3 Å². The maximum Gasteiger partial charge on any atom is 0.307 e. The van der Waals surface area contributed by atoms with Gasteiger partial charge in [0.1, 0.15) is 0 Å². The molecule has 1 aromatic carbocycles. The normalized spacial score (nSPS) is 11.4. The average molecular weight is 433 g/mol. The van der Waals surface area contributed by atoms with Gasteiger partial charge in [0.05, 0.1) is 17.1 Å². The number of carbonyl (C=O) groups is 2. The van der Waals surface area contributed by atoms with Gasteiger partial charge in [-0.1, -0.05) is 18.2 Å². The minimum absolute atomic E-state index is 0.151. The number of Topliss-reactive ketones (excluding diaryl/α,β-unsaturated/α-hetero) is 1. The molecular formula is C20H20N2O5S2. The van der Waals surface area contributed by atoms with Gasteiger partial charge in [0, 0.05) is 28.5 Å². The molecule has 0 saturated heterocycles. The predicted molar refractivity (Wildman–Crippen MR) is 109 cm³/mol. The van der Waals surface area contributed by atoms with Gasteiger partial charge in [-0.2, -0.15) is 0 Å². The predicted octanol–water partition coefficient (Wildman–Crippen LogP) is 3.14. The zero-order valence-corrected chi connectivity index (χ0v) is 17.6. The fourth-order valence-electron chi connectivity index (χ4n) is 2.93. The van der Waals surface area contributed by atoms with Crippen LogP contribution in [0.1, 0.15) is 28.2 Å². The van der Waals surface area contributed by atoms with Gasteiger partial charge in [-0.15, -0.1) is 11.3 Å². The molecule has 0 saturated carbocycles. The van der Waals surface area contributed by atoms with Gasteiger partial charge in [0.2, 0.25) is 5.78 Å². The molecule has 0 aliphatic carbocycles. The zero-order chi connectivity index (χ0) is 21.0. The van der Waals surface area contributed by atoms with E-state index in [1.807, 2.05) is 16.9 Å². The van der Waals surface area contributed by atoms with Crippen molar-refractivity contribution in [2.45, 2.75) is 25.2 Å². The van der Waals surface area contributed by atoms with Gasteiger partial charge in [0.15, 0.2) is 21.6 Å². The average Bonchev–Trinajstić information content (AvgIpc) is 3.33. The number of rotatable bonds is 8. The van der Waals surface area contributed by atoms with E-state index in [1.165, 1.54) is 23.5 Å². The highest BCUT2D eigenvalue weighted by Crippen LogP contribution is 2.22. The van der Waals surface area contributed by atoms with Crippen LogP contribution in [0.25, 0.3) is 5.13 Å². The number of hydrogen-bond donors (Lipinski definition) is 0. The number of thiazole rings is 1.